The summed E-state index contributed by atoms with van der Waals surface area (Å²) in [6, 6.07) is 0. The van der Waals surface area contributed by atoms with E-state index in [-0.39, 0.29) is 5.91 Å². The Morgan fingerprint density at radius 2 is 1.94 bits per heavy atom. The standard InChI is InChI=1S/C12H24N2O2/c1-9(2)10(3)8-14-11(15)12(13)4-6-16-7-5-12/h9-10H,4-8,13H2,1-3H3,(H,14,15). The van der Waals surface area contributed by atoms with E-state index in [9.17, 15) is 4.79 Å². The van der Waals surface area contributed by atoms with Crippen molar-refractivity contribution in [1.82, 2.24) is 5.32 Å². The maximum absolute atomic E-state index is 12.0. The summed E-state index contributed by atoms with van der Waals surface area (Å²) in [6.45, 7) is 8.33. The average molecular weight is 228 g/mol. The van der Waals surface area contributed by atoms with Gasteiger partial charge in [0, 0.05) is 19.8 Å². The van der Waals surface area contributed by atoms with E-state index in [1.165, 1.54) is 0 Å². The molecule has 1 fully saturated rings. The zero-order chi connectivity index (χ0) is 12.2. The van der Waals surface area contributed by atoms with E-state index in [1.54, 1.807) is 0 Å². The van der Waals surface area contributed by atoms with Gasteiger partial charge in [0.2, 0.25) is 5.91 Å². The Hall–Kier alpha value is -0.610. The molecule has 94 valence electrons. The lowest BCUT2D eigenvalue weighted by Gasteiger charge is -2.32. The van der Waals surface area contributed by atoms with Crippen LogP contribution in [0, 0.1) is 11.8 Å². The topological polar surface area (TPSA) is 64.4 Å². The van der Waals surface area contributed by atoms with E-state index in [4.69, 9.17) is 10.5 Å². The first-order valence-corrected chi connectivity index (χ1v) is 6.10. The number of ether oxygens (including phenoxy) is 1. The number of rotatable bonds is 4. The van der Waals surface area contributed by atoms with Crippen molar-refractivity contribution in [3.63, 3.8) is 0 Å². The van der Waals surface area contributed by atoms with Crippen LogP contribution >= 0.6 is 0 Å². The molecule has 0 aromatic heterocycles. The van der Waals surface area contributed by atoms with E-state index >= 15 is 0 Å². The summed E-state index contributed by atoms with van der Waals surface area (Å²) in [6.07, 6.45) is 1.24. The van der Waals surface area contributed by atoms with Crippen LogP contribution in [0.2, 0.25) is 0 Å². The number of nitrogens with two attached hydrogens (primary N) is 1. The average Bonchev–Trinajstić information content (AvgIpc) is 2.26. The lowest BCUT2D eigenvalue weighted by atomic mass is 9.90. The molecule has 3 N–H and O–H groups in total. The van der Waals surface area contributed by atoms with E-state index in [2.05, 4.69) is 26.1 Å². The van der Waals surface area contributed by atoms with Crippen LogP contribution in [0.3, 0.4) is 0 Å². The maximum Gasteiger partial charge on any atom is 0.240 e. The van der Waals surface area contributed by atoms with Crippen molar-refractivity contribution in [2.45, 2.75) is 39.2 Å². The summed E-state index contributed by atoms with van der Waals surface area (Å²) >= 11 is 0. The second kappa shape index (κ2) is 5.64. The van der Waals surface area contributed by atoms with Crippen LogP contribution in [0.1, 0.15) is 33.6 Å². The van der Waals surface area contributed by atoms with Gasteiger partial charge in [0.05, 0.1) is 5.54 Å². The Balaban J connectivity index is 2.39. The molecule has 1 rings (SSSR count). The quantitative estimate of drug-likeness (QED) is 0.751. The van der Waals surface area contributed by atoms with Crippen molar-refractivity contribution >= 4 is 5.91 Å². The van der Waals surface area contributed by atoms with Crippen molar-refractivity contribution in [3.05, 3.63) is 0 Å². The summed E-state index contributed by atoms with van der Waals surface area (Å²) in [5, 5.41) is 2.95. The predicted molar refractivity (Wildman–Crippen MR) is 64.0 cm³/mol. The molecule has 1 saturated heterocycles. The summed E-state index contributed by atoms with van der Waals surface area (Å²) in [5.74, 6) is 1.03. The zero-order valence-electron chi connectivity index (χ0n) is 10.6. The molecule has 4 nitrogen and oxygen atoms in total. The van der Waals surface area contributed by atoms with Crippen LogP contribution in [-0.2, 0) is 9.53 Å². The van der Waals surface area contributed by atoms with Gasteiger partial charge in [-0.1, -0.05) is 20.8 Å². The fourth-order valence-corrected chi connectivity index (χ4v) is 1.63. The molecule has 1 aliphatic heterocycles. The zero-order valence-corrected chi connectivity index (χ0v) is 10.6. The number of nitrogens with one attached hydrogen (secondary N) is 1. The Labute approximate surface area is 97.9 Å². The minimum absolute atomic E-state index is 0.0247. The van der Waals surface area contributed by atoms with E-state index in [1.807, 2.05) is 0 Å². The normalized spacial score (nSPS) is 21.8. The van der Waals surface area contributed by atoms with Gasteiger partial charge in [-0.2, -0.15) is 0 Å². The Morgan fingerprint density at radius 3 is 2.44 bits per heavy atom. The Morgan fingerprint density at radius 1 is 1.38 bits per heavy atom. The first-order chi connectivity index (χ1) is 7.46. The third kappa shape index (κ3) is 3.46. The molecule has 1 unspecified atom stereocenters. The van der Waals surface area contributed by atoms with Crippen molar-refractivity contribution in [2.24, 2.45) is 17.6 Å². The van der Waals surface area contributed by atoms with Crippen LogP contribution in [0.4, 0.5) is 0 Å². The van der Waals surface area contributed by atoms with Gasteiger partial charge in [0.15, 0.2) is 0 Å². The van der Waals surface area contributed by atoms with Crippen molar-refractivity contribution in [3.8, 4) is 0 Å². The minimum Gasteiger partial charge on any atom is -0.381 e. The summed E-state index contributed by atoms with van der Waals surface area (Å²) in [4.78, 5) is 12.0. The van der Waals surface area contributed by atoms with Gasteiger partial charge in [-0.15, -0.1) is 0 Å². The van der Waals surface area contributed by atoms with Crippen LogP contribution in [0.5, 0.6) is 0 Å². The van der Waals surface area contributed by atoms with E-state index in [0.717, 1.165) is 0 Å². The SMILES string of the molecule is CC(C)C(C)CNC(=O)C1(N)CCOCC1. The van der Waals surface area contributed by atoms with Gasteiger partial charge in [-0.05, 0) is 24.7 Å². The van der Waals surface area contributed by atoms with Crippen molar-refractivity contribution in [1.29, 1.82) is 0 Å². The molecule has 0 bridgehead atoms. The highest BCUT2D eigenvalue weighted by Gasteiger charge is 2.35. The molecule has 1 heterocycles. The Kier molecular flexibility index (Phi) is 4.74. The lowest BCUT2D eigenvalue weighted by molar-refractivity contribution is -0.130. The third-order valence-electron chi connectivity index (χ3n) is 3.56. The van der Waals surface area contributed by atoms with Gasteiger partial charge < -0.3 is 15.8 Å². The second-order valence-electron chi connectivity index (χ2n) is 5.20. The lowest BCUT2D eigenvalue weighted by Crippen LogP contribution is -2.57. The molecule has 1 atom stereocenters. The van der Waals surface area contributed by atoms with Crippen molar-refractivity contribution in [2.75, 3.05) is 19.8 Å². The van der Waals surface area contributed by atoms with E-state index in [0.29, 0.717) is 44.4 Å². The smallest absolute Gasteiger partial charge is 0.240 e. The van der Waals surface area contributed by atoms with Gasteiger partial charge in [0.1, 0.15) is 0 Å². The van der Waals surface area contributed by atoms with Gasteiger partial charge in [0.25, 0.3) is 0 Å². The Bertz CT molecular complexity index is 235. The number of amides is 1. The highest BCUT2D eigenvalue weighted by molar-refractivity contribution is 5.86. The molecule has 16 heavy (non-hydrogen) atoms. The number of carbonyl (C=O) groups is 1. The second-order valence-corrected chi connectivity index (χ2v) is 5.20. The monoisotopic (exact) mass is 228 g/mol. The molecule has 0 radical (unpaired) electrons. The molecule has 0 saturated carbocycles. The van der Waals surface area contributed by atoms with Crippen LogP contribution in [0.15, 0.2) is 0 Å². The molecule has 0 aliphatic carbocycles. The molecular weight excluding hydrogens is 204 g/mol. The van der Waals surface area contributed by atoms with Crippen LogP contribution < -0.4 is 11.1 Å². The van der Waals surface area contributed by atoms with Crippen LogP contribution in [0.25, 0.3) is 0 Å². The molecule has 0 aromatic rings. The fraction of sp³-hybridized carbons (Fsp3) is 0.917. The third-order valence-corrected chi connectivity index (χ3v) is 3.56. The molecule has 4 heteroatoms. The number of hydrogen-bond acceptors (Lipinski definition) is 3. The fourth-order valence-electron chi connectivity index (χ4n) is 1.63. The minimum atomic E-state index is -0.713. The molecular formula is C12H24N2O2. The van der Waals surface area contributed by atoms with Gasteiger partial charge in [-0.3, -0.25) is 4.79 Å². The first-order valence-electron chi connectivity index (χ1n) is 6.10. The summed E-state index contributed by atoms with van der Waals surface area (Å²) in [5.41, 5.74) is 5.36. The first kappa shape index (κ1) is 13.5. The van der Waals surface area contributed by atoms with Gasteiger partial charge >= 0.3 is 0 Å². The number of carbonyl (C=O) groups excluding carboxylic acids is 1. The molecule has 1 amide bonds. The highest BCUT2D eigenvalue weighted by Crippen LogP contribution is 2.18. The number of hydrogen-bond donors (Lipinski definition) is 2. The molecule has 1 aliphatic rings. The molecule has 0 spiro atoms. The van der Waals surface area contributed by atoms with Crippen molar-refractivity contribution < 1.29 is 9.53 Å². The summed E-state index contributed by atoms with van der Waals surface area (Å²) in [7, 11) is 0. The van der Waals surface area contributed by atoms with Gasteiger partial charge in [-0.25, -0.2) is 0 Å². The largest absolute Gasteiger partial charge is 0.381 e. The maximum atomic E-state index is 12.0. The summed E-state index contributed by atoms with van der Waals surface area (Å²) < 4.78 is 5.22. The van der Waals surface area contributed by atoms with E-state index < -0.39 is 5.54 Å². The highest BCUT2D eigenvalue weighted by atomic mass is 16.5. The molecule has 0 aromatic carbocycles. The van der Waals surface area contributed by atoms with Crippen LogP contribution in [-0.4, -0.2) is 31.2 Å². The predicted octanol–water partition coefficient (Wildman–Crippen LogP) is 0.903.